The molecule has 4 nitrogen and oxygen atoms in total. The number of carboxylic acids is 2. The fourth-order valence-electron chi connectivity index (χ4n) is 0.930. The molecule has 6 heteroatoms. The molecule has 0 saturated heterocycles. The van der Waals surface area contributed by atoms with Crippen LogP contribution < -0.4 is 148 Å². The molecule has 0 aromatic heterocycles. The first-order valence-corrected chi connectivity index (χ1v) is 4.01. The summed E-state index contributed by atoms with van der Waals surface area (Å²) in [4.78, 5) is 20.4. The molecule has 0 unspecified atom stereocenters. The predicted octanol–water partition coefficient (Wildman–Crippen LogP) is -7.31. The summed E-state index contributed by atoms with van der Waals surface area (Å²) in [5.41, 5.74) is 0. The third-order valence-corrected chi connectivity index (χ3v) is 1.67. The minimum atomic E-state index is -1.55. The number of carboxylic acid groups (broad SMARTS) is 2. The minimum Gasteiger partial charge on any atom is -0.549 e. The first-order chi connectivity index (χ1) is 5.59. The topological polar surface area (TPSA) is 80.3 Å². The molecule has 0 heterocycles. The van der Waals surface area contributed by atoms with E-state index >= 15 is 0 Å². The fraction of sp³-hybridized carbons (Fsp3) is 0.750. The van der Waals surface area contributed by atoms with Crippen molar-refractivity contribution in [2.75, 3.05) is 0 Å². The average molecular weight is 438 g/mol. The van der Waals surface area contributed by atoms with Crippen LogP contribution in [0.4, 0.5) is 0 Å². The van der Waals surface area contributed by atoms with Crippen LogP contribution in [0.15, 0.2) is 0 Å². The van der Waals surface area contributed by atoms with Gasteiger partial charge in [-0.25, -0.2) is 0 Å². The molecule has 0 rings (SSSR count). The van der Waals surface area contributed by atoms with Gasteiger partial charge in [0.05, 0.1) is 11.9 Å². The van der Waals surface area contributed by atoms with E-state index in [1.54, 1.807) is 0 Å². The van der Waals surface area contributed by atoms with Crippen LogP contribution in [0.1, 0.15) is 32.6 Å². The van der Waals surface area contributed by atoms with Crippen molar-refractivity contribution in [1.29, 1.82) is 0 Å². The van der Waals surface area contributed by atoms with E-state index in [0.717, 1.165) is 12.8 Å². The van der Waals surface area contributed by atoms with Crippen LogP contribution >= 0.6 is 0 Å². The summed E-state index contributed by atoms with van der Waals surface area (Å²) >= 11 is 0. The standard InChI is InChI=1S/C8H14O4.2Cs/c1-2-3-4-5-6(7(9)10)8(11)12;;/h6H,2-5H2,1H3,(H,9,10)(H,11,12);;/q;2*+1/p-2. The van der Waals surface area contributed by atoms with Crippen molar-refractivity contribution in [1.82, 2.24) is 0 Å². The summed E-state index contributed by atoms with van der Waals surface area (Å²) in [6, 6.07) is 0. The Morgan fingerprint density at radius 2 is 1.50 bits per heavy atom. The van der Waals surface area contributed by atoms with Crippen molar-refractivity contribution in [3.8, 4) is 0 Å². The quantitative estimate of drug-likeness (QED) is 0.305. The molecule has 0 aromatic rings. The minimum absolute atomic E-state index is 0. The molecule has 0 radical (unpaired) electrons. The zero-order chi connectivity index (χ0) is 9.56. The number of hydrogen-bond donors (Lipinski definition) is 0. The Labute approximate surface area is 202 Å². The van der Waals surface area contributed by atoms with Crippen molar-refractivity contribution in [2.24, 2.45) is 5.92 Å². The van der Waals surface area contributed by atoms with E-state index in [9.17, 15) is 19.8 Å². The molecule has 0 fully saturated rings. The molecule has 0 saturated carbocycles. The number of unbranched alkanes of at least 4 members (excludes halogenated alkanes) is 2. The van der Waals surface area contributed by atoms with Crippen LogP contribution in [-0.4, -0.2) is 11.9 Å². The summed E-state index contributed by atoms with van der Waals surface area (Å²) in [7, 11) is 0. The molecule has 0 bridgehead atoms. The van der Waals surface area contributed by atoms with Gasteiger partial charge >= 0.3 is 138 Å². The molecule has 0 amide bonds. The molecular formula is C8H12Cs2O4. The van der Waals surface area contributed by atoms with Gasteiger partial charge in [0.15, 0.2) is 0 Å². The van der Waals surface area contributed by atoms with Crippen molar-refractivity contribution in [3.05, 3.63) is 0 Å². The van der Waals surface area contributed by atoms with E-state index in [2.05, 4.69) is 0 Å². The Balaban J connectivity index is -0.000000605. The van der Waals surface area contributed by atoms with Gasteiger partial charge in [0.1, 0.15) is 0 Å². The van der Waals surface area contributed by atoms with E-state index in [4.69, 9.17) is 0 Å². The molecule has 0 spiro atoms. The van der Waals surface area contributed by atoms with Gasteiger partial charge in [0.2, 0.25) is 0 Å². The third kappa shape index (κ3) is 11.5. The van der Waals surface area contributed by atoms with Crippen LogP contribution in [0.3, 0.4) is 0 Å². The number of aliphatic carboxylic acids is 2. The van der Waals surface area contributed by atoms with Gasteiger partial charge in [-0.1, -0.05) is 26.2 Å². The van der Waals surface area contributed by atoms with Crippen LogP contribution in [-0.2, 0) is 9.59 Å². The zero-order valence-electron chi connectivity index (χ0n) is 9.04. The van der Waals surface area contributed by atoms with E-state index in [-0.39, 0.29) is 144 Å². The van der Waals surface area contributed by atoms with E-state index < -0.39 is 17.9 Å². The zero-order valence-corrected chi connectivity index (χ0v) is 21.6. The van der Waals surface area contributed by atoms with Crippen molar-refractivity contribution >= 4 is 11.9 Å². The molecule has 70 valence electrons. The Hall–Kier alpha value is 3.04. The summed E-state index contributed by atoms with van der Waals surface area (Å²) in [5, 5.41) is 20.4. The number of hydrogen-bond acceptors (Lipinski definition) is 4. The van der Waals surface area contributed by atoms with Gasteiger partial charge in [0, 0.05) is 5.92 Å². The summed E-state index contributed by atoms with van der Waals surface area (Å²) in [6.07, 6.45) is 2.45. The summed E-state index contributed by atoms with van der Waals surface area (Å²) in [5.74, 6) is -4.55. The smallest absolute Gasteiger partial charge is 0.549 e. The average Bonchev–Trinajstić information content (AvgIpc) is 1.96. The molecule has 0 N–H and O–H groups in total. The van der Waals surface area contributed by atoms with E-state index in [1.165, 1.54) is 0 Å². The summed E-state index contributed by atoms with van der Waals surface area (Å²) in [6.45, 7) is 1.95. The molecule has 0 aliphatic rings. The largest absolute Gasteiger partial charge is 1.00 e. The van der Waals surface area contributed by atoms with Crippen molar-refractivity contribution in [2.45, 2.75) is 32.6 Å². The van der Waals surface area contributed by atoms with Crippen LogP contribution in [0, 0.1) is 5.92 Å². The number of rotatable bonds is 6. The first-order valence-electron chi connectivity index (χ1n) is 4.01. The fourth-order valence-corrected chi connectivity index (χ4v) is 0.930. The molecule has 0 aliphatic carbocycles. The second-order valence-electron chi connectivity index (χ2n) is 2.69. The van der Waals surface area contributed by atoms with Gasteiger partial charge in [0.25, 0.3) is 0 Å². The number of carbonyl (C=O) groups excluding carboxylic acids is 2. The second kappa shape index (κ2) is 14.1. The van der Waals surface area contributed by atoms with E-state index in [0.29, 0.717) is 6.42 Å². The Bertz CT molecular complexity index is 159. The molecule has 0 atom stereocenters. The van der Waals surface area contributed by atoms with Crippen molar-refractivity contribution < 1.29 is 158 Å². The summed E-state index contributed by atoms with van der Waals surface area (Å²) < 4.78 is 0. The van der Waals surface area contributed by atoms with Gasteiger partial charge in [-0.2, -0.15) is 0 Å². The molecule has 14 heavy (non-hydrogen) atoms. The predicted molar refractivity (Wildman–Crippen MR) is 37.6 cm³/mol. The third-order valence-electron chi connectivity index (χ3n) is 1.67. The molecular weight excluding hydrogens is 426 g/mol. The maximum Gasteiger partial charge on any atom is 1.00 e. The van der Waals surface area contributed by atoms with Gasteiger partial charge < -0.3 is 19.8 Å². The molecule has 0 aromatic carbocycles. The van der Waals surface area contributed by atoms with Gasteiger partial charge in [-0.3, -0.25) is 0 Å². The Kier molecular flexibility index (Phi) is 22.4. The van der Waals surface area contributed by atoms with E-state index in [1.807, 2.05) is 6.92 Å². The van der Waals surface area contributed by atoms with Crippen LogP contribution in [0.5, 0.6) is 0 Å². The SMILES string of the molecule is CCCCCC(C(=O)[O-])C(=O)[O-].[Cs+].[Cs+]. The Morgan fingerprint density at radius 1 is 1.07 bits per heavy atom. The maximum atomic E-state index is 10.2. The normalized spacial score (nSPS) is 8.71. The van der Waals surface area contributed by atoms with Crippen molar-refractivity contribution in [3.63, 3.8) is 0 Å². The first kappa shape index (κ1) is 22.2. The molecule has 0 aliphatic heterocycles. The van der Waals surface area contributed by atoms with Gasteiger partial charge in [-0.15, -0.1) is 0 Å². The number of carbonyl (C=O) groups is 2. The van der Waals surface area contributed by atoms with Crippen LogP contribution in [0.2, 0.25) is 0 Å². The second-order valence-corrected chi connectivity index (χ2v) is 2.69. The maximum absolute atomic E-state index is 10.2. The van der Waals surface area contributed by atoms with Crippen LogP contribution in [0.25, 0.3) is 0 Å². The van der Waals surface area contributed by atoms with Gasteiger partial charge in [-0.05, 0) is 6.42 Å². The monoisotopic (exact) mass is 438 g/mol. The Morgan fingerprint density at radius 3 is 1.79 bits per heavy atom.